The first-order valence-electron chi connectivity index (χ1n) is 7.31. The summed E-state index contributed by atoms with van der Waals surface area (Å²) in [6.45, 7) is 1.32. The molecule has 0 radical (unpaired) electrons. The minimum atomic E-state index is -3.59. The van der Waals surface area contributed by atoms with Crippen LogP contribution in [0.1, 0.15) is 0 Å². The lowest BCUT2D eigenvalue weighted by Gasteiger charge is -2.53. The van der Waals surface area contributed by atoms with Gasteiger partial charge in [-0.05, 0) is 7.05 Å². The van der Waals surface area contributed by atoms with Crippen molar-refractivity contribution in [3.8, 4) is 0 Å². The van der Waals surface area contributed by atoms with Crippen LogP contribution in [-0.4, -0.2) is 85.1 Å². The molecule has 1 spiro atoms. The molecular formula is C13H21N5O4S. The van der Waals surface area contributed by atoms with Crippen molar-refractivity contribution in [3.05, 3.63) is 12.5 Å². The molecule has 1 aromatic heterocycles. The van der Waals surface area contributed by atoms with E-state index < -0.39 is 15.6 Å². The molecule has 23 heavy (non-hydrogen) atoms. The van der Waals surface area contributed by atoms with E-state index in [9.17, 15) is 13.2 Å². The van der Waals surface area contributed by atoms with Gasteiger partial charge in [-0.1, -0.05) is 0 Å². The molecule has 1 aromatic rings. The zero-order valence-electron chi connectivity index (χ0n) is 13.4. The van der Waals surface area contributed by atoms with Crippen molar-refractivity contribution in [3.63, 3.8) is 0 Å². The summed E-state index contributed by atoms with van der Waals surface area (Å²) in [4.78, 5) is 17.6. The van der Waals surface area contributed by atoms with E-state index in [0.717, 1.165) is 0 Å². The fourth-order valence-corrected chi connectivity index (χ4v) is 4.60. The molecule has 2 aliphatic rings. The number of aromatic nitrogens is 2. The molecule has 1 atom stereocenters. The number of carbonyl (C=O) groups is 1. The number of nitrogens with one attached hydrogen (secondary N) is 1. The maximum absolute atomic E-state index is 12.5. The fourth-order valence-electron chi connectivity index (χ4n) is 3.05. The zero-order valence-corrected chi connectivity index (χ0v) is 14.2. The number of imidazole rings is 1. The number of hydrogen-bond acceptors (Lipinski definition) is 6. The second-order valence-corrected chi connectivity index (χ2v) is 8.07. The van der Waals surface area contributed by atoms with Gasteiger partial charge < -0.3 is 14.6 Å². The number of likely N-dealkylation sites (N-methyl/N-ethyl adjacent to an activating group) is 2. The molecule has 0 aliphatic carbocycles. The number of amides is 1. The van der Waals surface area contributed by atoms with Crippen LogP contribution < -0.4 is 5.32 Å². The molecule has 1 N–H and O–H groups in total. The van der Waals surface area contributed by atoms with Crippen molar-refractivity contribution in [2.75, 3.05) is 40.3 Å². The van der Waals surface area contributed by atoms with Crippen molar-refractivity contribution in [1.82, 2.24) is 24.1 Å². The number of morpholine rings is 1. The van der Waals surface area contributed by atoms with E-state index in [4.69, 9.17) is 4.74 Å². The molecule has 0 saturated carbocycles. The SMILES string of the molecule is CNC(=O)C1COC2(CN1C)CN(S(=O)(=O)c1cn(C)cn1)C2. The summed E-state index contributed by atoms with van der Waals surface area (Å²) >= 11 is 0. The van der Waals surface area contributed by atoms with E-state index in [2.05, 4.69) is 10.3 Å². The Morgan fingerprint density at radius 1 is 1.39 bits per heavy atom. The molecule has 0 aromatic carbocycles. The second kappa shape index (κ2) is 5.55. The Morgan fingerprint density at radius 2 is 2.09 bits per heavy atom. The Balaban J connectivity index is 1.66. The Kier molecular flexibility index (Phi) is 3.95. The first kappa shape index (κ1) is 16.4. The van der Waals surface area contributed by atoms with Gasteiger partial charge in [0.05, 0.1) is 12.9 Å². The van der Waals surface area contributed by atoms with Crippen molar-refractivity contribution in [1.29, 1.82) is 0 Å². The maximum Gasteiger partial charge on any atom is 0.262 e. The number of carbonyl (C=O) groups excluding carboxylic acids is 1. The summed E-state index contributed by atoms with van der Waals surface area (Å²) < 4.78 is 33.7. The summed E-state index contributed by atoms with van der Waals surface area (Å²) in [6, 6.07) is -0.341. The summed E-state index contributed by atoms with van der Waals surface area (Å²) in [6.07, 6.45) is 2.94. The zero-order chi connectivity index (χ0) is 16.8. The third-order valence-electron chi connectivity index (χ3n) is 4.38. The van der Waals surface area contributed by atoms with Crippen molar-refractivity contribution >= 4 is 15.9 Å². The van der Waals surface area contributed by atoms with E-state index >= 15 is 0 Å². The molecule has 3 heterocycles. The molecule has 2 fully saturated rings. The van der Waals surface area contributed by atoms with Gasteiger partial charge in [0.2, 0.25) is 5.91 Å². The van der Waals surface area contributed by atoms with Crippen LogP contribution in [0.2, 0.25) is 0 Å². The van der Waals surface area contributed by atoms with Gasteiger partial charge >= 0.3 is 0 Å². The summed E-state index contributed by atoms with van der Waals surface area (Å²) in [5, 5.41) is 2.65. The van der Waals surface area contributed by atoms with E-state index in [-0.39, 0.29) is 36.7 Å². The van der Waals surface area contributed by atoms with Crippen LogP contribution in [0.4, 0.5) is 0 Å². The second-order valence-electron chi connectivity index (χ2n) is 6.19. The molecule has 1 amide bonds. The van der Waals surface area contributed by atoms with E-state index in [1.165, 1.54) is 16.8 Å². The van der Waals surface area contributed by atoms with Gasteiger partial charge in [-0.3, -0.25) is 9.69 Å². The first-order valence-corrected chi connectivity index (χ1v) is 8.75. The lowest BCUT2D eigenvalue weighted by Crippen LogP contribution is -2.73. The number of aryl methyl sites for hydroxylation is 1. The quantitative estimate of drug-likeness (QED) is 0.698. The van der Waals surface area contributed by atoms with Gasteiger partial charge in [0, 0.05) is 39.9 Å². The normalized spacial score (nSPS) is 25.3. The molecule has 0 bridgehead atoms. The van der Waals surface area contributed by atoms with E-state index in [0.29, 0.717) is 6.54 Å². The van der Waals surface area contributed by atoms with Crippen molar-refractivity contribution in [2.24, 2.45) is 7.05 Å². The Morgan fingerprint density at radius 3 is 2.61 bits per heavy atom. The fraction of sp³-hybridized carbons (Fsp3) is 0.692. The summed E-state index contributed by atoms with van der Waals surface area (Å²) in [5.74, 6) is -0.0976. The first-order chi connectivity index (χ1) is 10.8. The summed E-state index contributed by atoms with van der Waals surface area (Å²) in [5.41, 5.74) is -0.541. The highest BCUT2D eigenvalue weighted by Crippen LogP contribution is 2.34. The smallest absolute Gasteiger partial charge is 0.262 e. The third-order valence-corrected chi connectivity index (χ3v) is 6.06. The predicted molar refractivity (Wildman–Crippen MR) is 81.1 cm³/mol. The minimum absolute atomic E-state index is 0.0438. The molecule has 10 heteroatoms. The number of rotatable bonds is 3. The Bertz CT molecular complexity index is 710. The van der Waals surface area contributed by atoms with Gasteiger partial charge in [-0.15, -0.1) is 0 Å². The summed E-state index contributed by atoms with van der Waals surface area (Å²) in [7, 11) is 1.57. The largest absolute Gasteiger partial charge is 0.369 e. The minimum Gasteiger partial charge on any atom is -0.369 e. The highest BCUT2D eigenvalue weighted by Gasteiger charge is 2.53. The van der Waals surface area contributed by atoms with Gasteiger partial charge in [-0.2, -0.15) is 4.31 Å². The van der Waals surface area contributed by atoms with Crippen LogP contribution in [0, 0.1) is 0 Å². The van der Waals surface area contributed by atoms with E-state index in [1.54, 1.807) is 18.7 Å². The average Bonchev–Trinajstić information content (AvgIpc) is 2.91. The monoisotopic (exact) mass is 343 g/mol. The molecule has 2 saturated heterocycles. The lowest BCUT2D eigenvalue weighted by molar-refractivity contribution is -0.180. The number of hydrogen-bond donors (Lipinski definition) is 1. The van der Waals surface area contributed by atoms with Gasteiger partial charge in [0.1, 0.15) is 11.6 Å². The van der Waals surface area contributed by atoms with Crippen LogP contribution in [0.25, 0.3) is 0 Å². The number of sulfonamides is 1. The molecular weight excluding hydrogens is 322 g/mol. The topological polar surface area (TPSA) is 96.8 Å². The molecule has 9 nitrogen and oxygen atoms in total. The molecule has 1 unspecified atom stereocenters. The maximum atomic E-state index is 12.5. The van der Waals surface area contributed by atoms with Crippen molar-refractivity contribution in [2.45, 2.75) is 16.7 Å². The average molecular weight is 343 g/mol. The van der Waals surface area contributed by atoms with Crippen LogP contribution in [0.15, 0.2) is 17.6 Å². The van der Waals surface area contributed by atoms with Gasteiger partial charge in [-0.25, -0.2) is 13.4 Å². The molecule has 3 rings (SSSR count). The predicted octanol–water partition coefficient (Wildman–Crippen LogP) is -1.76. The van der Waals surface area contributed by atoms with Crippen molar-refractivity contribution < 1.29 is 17.9 Å². The van der Waals surface area contributed by atoms with Crippen LogP contribution in [0.5, 0.6) is 0 Å². The number of nitrogens with zero attached hydrogens (tertiary/aromatic N) is 4. The molecule has 2 aliphatic heterocycles. The third kappa shape index (κ3) is 2.75. The van der Waals surface area contributed by atoms with Crippen LogP contribution >= 0.6 is 0 Å². The molecule has 128 valence electrons. The highest BCUT2D eigenvalue weighted by molar-refractivity contribution is 7.89. The van der Waals surface area contributed by atoms with E-state index in [1.807, 2.05) is 11.9 Å². The van der Waals surface area contributed by atoms with Crippen LogP contribution in [0.3, 0.4) is 0 Å². The Labute approximate surface area is 135 Å². The van der Waals surface area contributed by atoms with Crippen LogP contribution in [-0.2, 0) is 26.6 Å². The Hall–Kier alpha value is -1.49. The standard InChI is InChI=1S/C13H21N5O4S/c1-14-12(19)10-5-22-13(6-17(10)3)7-18(8-13)23(20,21)11-4-16(2)9-15-11/h4,9-10H,5-8H2,1-3H3,(H,14,19). The highest BCUT2D eigenvalue weighted by atomic mass is 32.2. The van der Waals surface area contributed by atoms with Gasteiger partial charge in [0.15, 0.2) is 5.03 Å². The lowest BCUT2D eigenvalue weighted by atomic mass is 9.93. The number of ether oxygens (including phenoxy) is 1. The van der Waals surface area contributed by atoms with Gasteiger partial charge in [0.25, 0.3) is 10.0 Å².